The molecule has 0 spiro atoms. The van der Waals surface area contributed by atoms with Gasteiger partial charge in [-0.25, -0.2) is 13.8 Å². The topological polar surface area (TPSA) is 41.1 Å². The van der Waals surface area contributed by atoms with Crippen molar-refractivity contribution >= 4 is 38.8 Å². The van der Waals surface area contributed by atoms with E-state index in [2.05, 4.69) is 4.98 Å². The Hall–Kier alpha value is -3.99. The van der Waals surface area contributed by atoms with Crippen molar-refractivity contribution in [1.29, 1.82) is 5.26 Å². The fraction of sp³-hybridized carbons (Fsp3) is 0.120. The summed E-state index contributed by atoms with van der Waals surface area (Å²) < 4.78 is 75.0. The van der Waals surface area contributed by atoms with Gasteiger partial charge in [0.1, 0.15) is 22.9 Å². The Kier molecular flexibility index (Phi) is 3.88. The molecular formula is C25H12F5N3. The maximum Gasteiger partial charge on any atom is 0.421 e. The molecule has 0 radical (unpaired) electrons. The number of fused-ring (bicyclic) bond motifs is 10. The van der Waals surface area contributed by atoms with Gasteiger partial charge in [-0.3, -0.25) is 4.40 Å². The number of benzene rings is 2. The second kappa shape index (κ2) is 6.51. The summed E-state index contributed by atoms with van der Waals surface area (Å²) in [6.07, 6.45) is -2.11. The van der Waals surface area contributed by atoms with E-state index in [1.54, 1.807) is 54.6 Å². The summed E-state index contributed by atoms with van der Waals surface area (Å²) in [7, 11) is 0. The molecule has 1 unspecified atom stereocenters. The first-order chi connectivity index (χ1) is 15.8. The summed E-state index contributed by atoms with van der Waals surface area (Å²) in [6, 6.07) is 11.7. The predicted molar refractivity (Wildman–Crippen MR) is 114 cm³/mol. The summed E-state index contributed by atoms with van der Waals surface area (Å²) in [5.41, 5.74) is -2.52. The van der Waals surface area contributed by atoms with Crippen molar-refractivity contribution in [3.05, 3.63) is 81.9 Å². The Balaban J connectivity index is 2.06. The van der Waals surface area contributed by atoms with Gasteiger partial charge in [-0.05, 0) is 22.9 Å². The Bertz CT molecular complexity index is 1760. The number of rotatable bonds is 0. The molecule has 3 nitrogen and oxygen atoms in total. The van der Waals surface area contributed by atoms with Crippen molar-refractivity contribution in [3.8, 4) is 6.07 Å². The van der Waals surface area contributed by atoms with E-state index in [1.807, 2.05) is 0 Å². The Morgan fingerprint density at radius 2 is 1.88 bits per heavy atom. The van der Waals surface area contributed by atoms with Gasteiger partial charge in [0, 0.05) is 22.8 Å². The van der Waals surface area contributed by atoms with Gasteiger partial charge in [0.2, 0.25) is 0 Å². The molecule has 8 heteroatoms. The number of aromatic nitrogens is 2. The molecule has 0 saturated carbocycles. The number of pyridine rings is 1. The van der Waals surface area contributed by atoms with Crippen LogP contribution in [-0.4, -0.2) is 15.6 Å². The van der Waals surface area contributed by atoms with E-state index in [4.69, 9.17) is 0 Å². The van der Waals surface area contributed by atoms with Crippen LogP contribution in [0, 0.1) is 11.3 Å². The minimum atomic E-state index is -5.17. The number of hydrogen-bond acceptors (Lipinski definition) is 2. The van der Waals surface area contributed by atoms with Crippen LogP contribution in [0.5, 0.6) is 0 Å². The van der Waals surface area contributed by atoms with Gasteiger partial charge in [0.25, 0.3) is 0 Å². The van der Waals surface area contributed by atoms with E-state index in [1.165, 1.54) is 10.5 Å². The molecule has 2 aromatic heterocycles. The second-order valence-corrected chi connectivity index (χ2v) is 7.95. The molecule has 2 heterocycles. The third-order valence-corrected chi connectivity index (χ3v) is 6.21. The zero-order chi connectivity index (χ0) is 23.1. The highest BCUT2D eigenvalue weighted by Crippen LogP contribution is 2.44. The zero-order valence-electron chi connectivity index (χ0n) is 16.7. The van der Waals surface area contributed by atoms with Crippen molar-refractivity contribution in [3.63, 3.8) is 0 Å². The van der Waals surface area contributed by atoms with E-state index in [9.17, 15) is 18.4 Å². The highest BCUT2D eigenvalue weighted by Gasteiger charge is 2.45. The van der Waals surface area contributed by atoms with Gasteiger partial charge in [0.05, 0.1) is 16.4 Å². The van der Waals surface area contributed by atoms with Crippen LogP contribution in [0.4, 0.5) is 22.0 Å². The van der Waals surface area contributed by atoms with Crippen molar-refractivity contribution in [2.24, 2.45) is 0 Å². The van der Waals surface area contributed by atoms with Crippen molar-refractivity contribution < 1.29 is 22.0 Å². The van der Waals surface area contributed by atoms with Gasteiger partial charge in [-0.2, -0.15) is 18.4 Å². The number of imidazole rings is 1. The first kappa shape index (κ1) is 19.7. The largest absolute Gasteiger partial charge is 0.421 e. The number of nitriles is 1. The molecule has 33 heavy (non-hydrogen) atoms. The van der Waals surface area contributed by atoms with Gasteiger partial charge >= 0.3 is 6.18 Å². The molecule has 0 saturated heterocycles. The monoisotopic (exact) mass is 449 g/mol. The average Bonchev–Trinajstić information content (AvgIpc) is 3.18. The number of allylic oxidation sites excluding steroid dienone is 4. The summed E-state index contributed by atoms with van der Waals surface area (Å²) >= 11 is 0. The van der Waals surface area contributed by atoms with Crippen LogP contribution >= 0.6 is 0 Å². The molecule has 2 aromatic carbocycles. The lowest BCUT2D eigenvalue weighted by Gasteiger charge is -2.24. The summed E-state index contributed by atoms with van der Waals surface area (Å²) in [5.74, 6) is -1.89. The maximum absolute atomic E-state index is 15.8. The second-order valence-electron chi connectivity index (χ2n) is 7.95. The Morgan fingerprint density at radius 1 is 1.09 bits per heavy atom. The molecule has 0 fully saturated rings. The molecule has 162 valence electrons. The lowest BCUT2D eigenvalue weighted by molar-refractivity contribution is -0.0714. The predicted octanol–water partition coefficient (Wildman–Crippen LogP) is 5.02. The summed E-state index contributed by atoms with van der Waals surface area (Å²) in [4.78, 5) is 4.58. The molecule has 0 aliphatic heterocycles. The highest BCUT2D eigenvalue weighted by molar-refractivity contribution is 6.14. The van der Waals surface area contributed by atoms with Gasteiger partial charge in [-0.15, -0.1) is 0 Å². The van der Waals surface area contributed by atoms with Crippen LogP contribution in [0.1, 0.15) is 17.4 Å². The first-order valence-corrected chi connectivity index (χ1v) is 10.1. The molecule has 0 bridgehead atoms. The standard InChI is InChI=1S/C25H12F5N3/c26-21-15(11-31)22(27)20(25(28,29)30)23-19(21)18-13-6-2-1-5-12(13)9-10-14(18)24-32-16-7-3-4-8-17(16)33(23)24/h1-6,8-10,21H,7H2. The van der Waals surface area contributed by atoms with Gasteiger partial charge in [0.15, 0.2) is 12.0 Å². The molecule has 0 N–H and O–H groups in total. The Morgan fingerprint density at radius 3 is 2.64 bits per heavy atom. The van der Waals surface area contributed by atoms with E-state index < -0.39 is 34.7 Å². The number of halogens is 5. The van der Waals surface area contributed by atoms with Crippen LogP contribution in [0.25, 0.3) is 38.8 Å². The normalized spacial score (nSPS) is 17.9. The lowest BCUT2D eigenvalue weighted by atomic mass is 9.88. The zero-order valence-corrected chi connectivity index (χ0v) is 16.7. The quantitative estimate of drug-likeness (QED) is 0.280. The molecule has 6 rings (SSSR count). The average molecular weight is 449 g/mol. The molecule has 2 aliphatic rings. The minimum Gasteiger partial charge on any atom is -0.292 e. The van der Waals surface area contributed by atoms with Gasteiger partial charge < -0.3 is 0 Å². The van der Waals surface area contributed by atoms with E-state index in [-0.39, 0.29) is 16.6 Å². The number of hydrogen-bond donors (Lipinski definition) is 0. The van der Waals surface area contributed by atoms with Gasteiger partial charge in [-0.1, -0.05) is 42.5 Å². The van der Waals surface area contributed by atoms with Crippen molar-refractivity contribution in [1.82, 2.24) is 9.38 Å². The summed E-state index contributed by atoms with van der Waals surface area (Å²) in [6.45, 7) is 0. The fourth-order valence-electron chi connectivity index (χ4n) is 4.88. The molecule has 0 amide bonds. The highest BCUT2D eigenvalue weighted by atomic mass is 19.4. The maximum atomic E-state index is 15.8. The van der Waals surface area contributed by atoms with E-state index in [0.29, 0.717) is 33.6 Å². The summed E-state index contributed by atoms with van der Waals surface area (Å²) in [5, 5.41) is 10.9. The molecule has 1 atom stereocenters. The molecule has 2 aliphatic carbocycles. The van der Waals surface area contributed by atoms with Crippen LogP contribution < -0.4 is 10.7 Å². The van der Waals surface area contributed by atoms with E-state index >= 15 is 8.78 Å². The minimum absolute atomic E-state index is 0.182. The SMILES string of the molecule is N#CC1=C(F)C(C(F)(F)F)=c2c(c3c4ccccc4ccc3c3nc4c(n23)=CC=CC4)C1F. The lowest BCUT2D eigenvalue weighted by Crippen LogP contribution is -2.38. The first-order valence-electron chi connectivity index (χ1n) is 10.1. The molecular weight excluding hydrogens is 437 g/mol. The van der Waals surface area contributed by atoms with Crippen molar-refractivity contribution in [2.75, 3.05) is 0 Å². The van der Waals surface area contributed by atoms with E-state index in [0.717, 1.165) is 0 Å². The molecule has 4 aromatic rings. The Labute approximate surface area is 182 Å². The van der Waals surface area contributed by atoms with Crippen molar-refractivity contribution in [2.45, 2.75) is 18.8 Å². The number of nitrogens with zero attached hydrogens (tertiary/aromatic N) is 3. The van der Waals surface area contributed by atoms with Crippen LogP contribution in [0.2, 0.25) is 0 Å². The fourth-order valence-corrected chi connectivity index (χ4v) is 4.88. The third kappa shape index (κ3) is 2.50. The van der Waals surface area contributed by atoms with Crippen LogP contribution in [0.3, 0.4) is 0 Å². The van der Waals surface area contributed by atoms with Crippen LogP contribution in [0.15, 0.2) is 60.0 Å². The number of alkyl halides is 4. The smallest absolute Gasteiger partial charge is 0.292 e. The third-order valence-electron chi connectivity index (χ3n) is 6.21. The van der Waals surface area contributed by atoms with Crippen LogP contribution in [-0.2, 0) is 6.42 Å².